The highest BCUT2D eigenvalue weighted by molar-refractivity contribution is 5.31. The van der Waals surface area contributed by atoms with Crippen LogP contribution in [0.2, 0.25) is 0 Å². The summed E-state index contributed by atoms with van der Waals surface area (Å²) in [6.07, 6.45) is 5.86. The van der Waals surface area contributed by atoms with Gasteiger partial charge in [-0.1, -0.05) is 6.07 Å². The van der Waals surface area contributed by atoms with Crippen molar-refractivity contribution < 1.29 is 4.39 Å². The Kier molecular flexibility index (Phi) is 1.63. The molecule has 0 aliphatic carbocycles. The van der Waals surface area contributed by atoms with Crippen molar-refractivity contribution in [2.75, 3.05) is 0 Å². The normalized spacial score (nSPS) is 10.1. The second-order valence-electron chi connectivity index (χ2n) is 2.39. The summed E-state index contributed by atoms with van der Waals surface area (Å²) in [7, 11) is 0. The number of benzene rings is 1. The summed E-state index contributed by atoms with van der Waals surface area (Å²) >= 11 is 0. The van der Waals surface area contributed by atoms with Gasteiger partial charge in [-0.2, -0.15) is 0 Å². The van der Waals surface area contributed by atoms with E-state index in [9.17, 15) is 4.39 Å². The van der Waals surface area contributed by atoms with Crippen LogP contribution in [0.4, 0.5) is 4.39 Å². The number of imidazole rings is 1. The standard InChI is InChI=1S/C9H6FN2/c10-8-2-1-3-9(6-8)12-5-4-11-7-12/h1-3,5-7H. The number of halogens is 1. The van der Waals surface area contributed by atoms with Gasteiger partial charge in [0.15, 0.2) is 0 Å². The zero-order valence-electron chi connectivity index (χ0n) is 6.24. The monoisotopic (exact) mass is 161 g/mol. The molecule has 12 heavy (non-hydrogen) atoms. The molecule has 1 aromatic carbocycles. The average molecular weight is 161 g/mol. The van der Waals surface area contributed by atoms with Gasteiger partial charge in [0.25, 0.3) is 0 Å². The van der Waals surface area contributed by atoms with Gasteiger partial charge in [0.2, 0.25) is 0 Å². The number of nitrogens with zero attached hydrogens (tertiary/aromatic N) is 2. The van der Waals surface area contributed by atoms with Gasteiger partial charge in [0.05, 0.1) is 6.33 Å². The minimum atomic E-state index is -0.249. The zero-order chi connectivity index (χ0) is 8.39. The van der Waals surface area contributed by atoms with Crippen molar-refractivity contribution in [2.24, 2.45) is 0 Å². The fraction of sp³-hybridized carbons (Fsp3) is 0. The maximum Gasteiger partial charge on any atom is 0.125 e. The van der Waals surface area contributed by atoms with Crippen molar-refractivity contribution in [3.8, 4) is 5.69 Å². The van der Waals surface area contributed by atoms with Gasteiger partial charge in [0, 0.05) is 11.9 Å². The van der Waals surface area contributed by atoms with E-state index in [1.165, 1.54) is 12.1 Å². The Hall–Kier alpha value is -1.64. The molecule has 1 aromatic heterocycles. The first-order valence-electron chi connectivity index (χ1n) is 3.52. The van der Waals surface area contributed by atoms with Crippen LogP contribution in [0.1, 0.15) is 0 Å². The van der Waals surface area contributed by atoms with Crippen LogP contribution in [0.3, 0.4) is 0 Å². The van der Waals surface area contributed by atoms with Gasteiger partial charge in [-0.15, -0.1) is 0 Å². The van der Waals surface area contributed by atoms with Crippen molar-refractivity contribution in [2.45, 2.75) is 0 Å². The lowest BCUT2D eigenvalue weighted by atomic mass is 10.3. The van der Waals surface area contributed by atoms with Gasteiger partial charge in [0.1, 0.15) is 12.0 Å². The second-order valence-corrected chi connectivity index (χ2v) is 2.39. The maximum absolute atomic E-state index is 12.7. The number of hydrogen-bond donors (Lipinski definition) is 0. The molecular formula is C9H6FN2. The van der Waals surface area contributed by atoms with Crippen LogP contribution in [0, 0.1) is 12.0 Å². The van der Waals surface area contributed by atoms with Crippen LogP contribution >= 0.6 is 0 Å². The summed E-state index contributed by atoms with van der Waals surface area (Å²) in [6.45, 7) is 0. The van der Waals surface area contributed by atoms with Crippen molar-refractivity contribution >= 4 is 0 Å². The van der Waals surface area contributed by atoms with E-state index in [1.54, 1.807) is 29.2 Å². The van der Waals surface area contributed by atoms with E-state index in [4.69, 9.17) is 0 Å². The number of hydrogen-bond acceptors (Lipinski definition) is 1. The smallest absolute Gasteiger partial charge is 0.125 e. The van der Waals surface area contributed by atoms with Crippen molar-refractivity contribution in [1.82, 2.24) is 9.55 Å². The first kappa shape index (κ1) is 7.03. The van der Waals surface area contributed by atoms with Crippen LogP contribution < -0.4 is 0 Å². The molecule has 1 radical (unpaired) electrons. The molecule has 0 saturated carbocycles. The van der Waals surface area contributed by atoms with Crippen LogP contribution in [0.5, 0.6) is 0 Å². The molecule has 0 saturated heterocycles. The molecule has 1 heterocycles. The van der Waals surface area contributed by atoms with E-state index >= 15 is 0 Å². The van der Waals surface area contributed by atoms with Crippen LogP contribution in [-0.2, 0) is 0 Å². The Bertz CT molecular complexity index is 368. The molecule has 0 bridgehead atoms. The molecule has 0 aliphatic heterocycles. The zero-order valence-corrected chi connectivity index (χ0v) is 6.24. The Morgan fingerprint density at radius 2 is 2.33 bits per heavy atom. The summed E-state index contributed by atoms with van der Waals surface area (Å²) < 4.78 is 14.4. The largest absolute Gasteiger partial charge is 0.305 e. The van der Waals surface area contributed by atoms with Crippen molar-refractivity contribution in [1.29, 1.82) is 0 Å². The summed E-state index contributed by atoms with van der Waals surface area (Å²) in [5, 5.41) is 0. The Morgan fingerprint density at radius 1 is 1.42 bits per heavy atom. The van der Waals surface area contributed by atoms with E-state index in [1.807, 2.05) is 0 Å². The molecule has 0 fully saturated rings. The Morgan fingerprint density at radius 3 is 3.00 bits per heavy atom. The summed E-state index contributed by atoms with van der Waals surface area (Å²) in [6, 6.07) is 6.31. The molecule has 0 atom stereocenters. The van der Waals surface area contributed by atoms with Gasteiger partial charge in [-0.3, -0.25) is 0 Å². The average Bonchev–Trinajstić information content (AvgIpc) is 2.56. The summed E-state index contributed by atoms with van der Waals surface area (Å²) in [5.74, 6) is -0.249. The van der Waals surface area contributed by atoms with Gasteiger partial charge >= 0.3 is 0 Å². The molecule has 59 valence electrons. The molecule has 2 rings (SSSR count). The first-order valence-corrected chi connectivity index (χ1v) is 3.52. The molecular weight excluding hydrogens is 155 g/mol. The van der Waals surface area contributed by atoms with E-state index in [2.05, 4.69) is 11.2 Å². The Balaban J connectivity index is 2.48. The molecule has 2 aromatic rings. The lowest BCUT2D eigenvalue weighted by molar-refractivity contribution is 0.626. The predicted octanol–water partition coefficient (Wildman–Crippen LogP) is 1.81. The fourth-order valence-corrected chi connectivity index (χ4v) is 1.00. The molecule has 0 aliphatic rings. The maximum atomic E-state index is 12.7. The highest BCUT2D eigenvalue weighted by atomic mass is 19.1. The molecule has 3 heteroatoms. The van der Waals surface area contributed by atoms with E-state index in [-0.39, 0.29) is 5.82 Å². The van der Waals surface area contributed by atoms with Gasteiger partial charge < -0.3 is 4.57 Å². The minimum Gasteiger partial charge on any atom is -0.305 e. The lowest BCUT2D eigenvalue weighted by Crippen LogP contribution is -1.89. The first-order chi connectivity index (χ1) is 5.86. The van der Waals surface area contributed by atoms with E-state index < -0.39 is 0 Å². The lowest BCUT2D eigenvalue weighted by Gasteiger charge is -1.99. The third-order valence-corrected chi connectivity index (χ3v) is 1.56. The number of rotatable bonds is 1. The third-order valence-electron chi connectivity index (χ3n) is 1.56. The quantitative estimate of drug-likeness (QED) is 0.623. The van der Waals surface area contributed by atoms with Crippen LogP contribution in [-0.4, -0.2) is 9.55 Å². The highest BCUT2D eigenvalue weighted by Crippen LogP contribution is 2.07. The third kappa shape index (κ3) is 1.21. The highest BCUT2D eigenvalue weighted by Gasteiger charge is 1.95. The van der Waals surface area contributed by atoms with Crippen molar-refractivity contribution in [3.63, 3.8) is 0 Å². The molecule has 0 spiro atoms. The van der Waals surface area contributed by atoms with Crippen LogP contribution in [0.15, 0.2) is 36.8 Å². The summed E-state index contributed by atoms with van der Waals surface area (Å²) in [4.78, 5) is 3.74. The van der Waals surface area contributed by atoms with E-state index in [0.29, 0.717) is 0 Å². The van der Waals surface area contributed by atoms with Crippen LogP contribution in [0.25, 0.3) is 5.69 Å². The van der Waals surface area contributed by atoms with Gasteiger partial charge in [-0.25, -0.2) is 9.37 Å². The minimum absolute atomic E-state index is 0.249. The molecule has 0 amide bonds. The number of aromatic nitrogens is 2. The second kappa shape index (κ2) is 2.77. The SMILES string of the molecule is Fc1cccc(-n2c[c]nc2)c1. The molecule has 0 N–H and O–H groups in total. The van der Waals surface area contributed by atoms with E-state index in [0.717, 1.165) is 5.69 Å². The summed E-state index contributed by atoms with van der Waals surface area (Å²) in [5.41, 5.74) is 0.753. The topological polar surface area (TPSA) is 17.8 Å². The molecule has 0 unspecified atom stereocenters. The van der Waals surface area contributed by atoms with Crippen molar-refractivity contribution in [3.05, 3.63) is 48.8 Å². The van der Waals surface area contributed by atoms with Gasteiger partial charge in [-0.05, 0) is 18.2 Å². The Labute approximate surface area is 69.3 Å². The molecule has 2 nitrogen and oxygen atoms in total. The fourth-order valence-electron chi connectivity index (χ4n) is 1.00. The predicted molar refractivity (Wildman–Crippen MR) is 42.4 cm³/mol.